The zero-order valence-electron chi connectivity index (χ0n) is 13.7. The van der Waals surface area contributed by atoms with E-state index >= 15 is 0 Å². The lowest BCUT2D eigenvalue weighted by Crippen LogP contribution is -2.23. The maximum atomic E-state index is 14.2. The first-order valence-electron chi connectivity index (χ1n) is 7.37. The van der Waals surface area contributed by atoms with Crippen LogP contribution >= 0.6 is 11.8 Å². The highest BCUT2D eigenvalue weighted by Crippen LogP contribution is 2.35. The fourth-order valence-electron chi connectivity index (χ4n) is 2.08. The first-order valence-corrected chi connectivity index (χ1v) is 8.18. The van der Waals surface area contributed by atoms with E-state index < -0.39 is 11.7 Å². The number of ether oxygens (including phenoxy) is 1. The minimum absolute atomic E-state index is 0.109. The van der Waals surface area contributed by atoms with E-state index in [-0.39, 0.29) is 28.5 Å². The molecule has 0 aliphatic carbocycles. The summed E-state index contributed by atoms with van der Waals surface area (Å²) in [5.74, 6) is -0.687. The topological polar surface area (TPSA) is 58.6 Å². The van der Waals surface area contributed by atoms with Crippen LogP contribution in [0.4, 0.5) is 4.39 Å². The fourth-order valence-corrected chi connectivity index (χ4v) is 2.81. The van der Waals surface area contributed by atoms with Crippen molar-refractivity contribution in [1.29, 1.82) is 0 Å². The van der Waals surface area contributed by atoms with Crippen molar-refractivity contribution in [2.24, 2.45) is 0 Å². The molecule has 0 saturated heterocycles. The molecule has 0 atom stereocenters. The smallest absolute Gasteiger partial charge is 0.257 e. The molecule has 0 aliphatic heterocycles. The van der Waals surface area contributed by atoms with Gasteiger partial charge in [0.2, 0.25) is 0 Å². The summed E-state index contributed by atoms with van der Waals surface area (Å²) in [6, 6.07) is 11.3. The molecule has 0 fully saturated rings. The molecule has 0 spiro atoms. The Morgan fingerprint density at radius 3 is 2.68 bits per heavy atom. The maximum Gasteiger partial charge on any atom is 0.257 e. The summed E-state index contributed by atoms with van der Waals surface area (Å²) in [5.41, 5.74) is 1.01. The molecule has 0 radical (unpaired) electrons. The predicted octanol–water partition coefficient (Wildman–Crippen LogP) is 4.07. The van der Waals surface area contributed by atoms with Crippen molar-refractivity contribution in [2.45, 2.75) is 6.54 Å². The molecule has 4 nitrogen and oxygen atoms in total. The van der Waals surface area contributed by atoms with Crippen molar-refractivity contribution in [3.05, 3.63) is 77.5 Å². The summed E-state index contributed by atoms with van der Waals surface area (Å²) in [4.78, 5) is 12.7. The maximum absolute atomic E-state index is 14.2. The van der Waals surface area contributed by atoms with Crippen LogP contribution in [-0.4, -0.2) is 18.1 Å². The third-order valence-electron chi connectivity index (χ3n) is 3.35. The molecule has 0 bridgehead atoms. The Morgan fingerprint density at radius 2 is 2.00 bits per heavy atom. The van der Waals surface area contributed by atoms with Gasteiger partial charge in [-0.1, -0.05) is 49.2 Å². The monoisotopic (exact) mass is 359 g/mol. The molecule has 0 heterocycles. The zero-order valence-corrected chi connectivity index (χ0v) is 14.5. The molecule has 2 rings (SSSR count). The summed E-state index contributed by atoms with van der Waals surface area (Å²) in [5, 5.41) is 12.1. The van der Waals surface area contributed by atoms with Crippen LogP contribution < -0.4 is 10.1 Å². The molecule has 130 valence electrons. The normalized spacial score (nSPS) is 10.2. The first kappa shape index (κ1) is 18.6. The van der Waals surface area contributed by atoms with Crippen molar-refractivity contribution in [3.8, 4) is 11.5 Å². The number of amides is 1. The number of aromatic hydroxyl groups is 1. The van der Waals surface area contributed by atoms with Crippen molar-refractivity contribution in [2.75, 3.05) is 7.11 Å². The van der Waals surface area contributed by atoms with Crippen LogP contribution in [0.15, 0.2) is 60.5 Å². The number of rotatable bonds is 7. The van der Waals surface area contributed by atoms with Gasteiger partial charge >= 0.3 is 0 Å². The second-order valence-corrected chi connectivity index (χ2v) is 6.31. The van der Waals surface area contributed by atoms with Crippen molar-refractivity contribution in [1.82, 2.24) is 5.32 Å². The second kappa shape index (κ2) is 8.39. The quantitative estimate of drug-likeness (QED) is 0.732. The number of halogens is 1. The fraction of sp³-hybridized carbons (Fsp3) is 0.105. The lowest BCUT2D eigenvalue weighted by molar-refractivity contribution is -0.116. The zero-order chi connectivity index (χ0) is 18.4. The number of hydrogen-bond donors (Lipinski definition) is 2. The van der Waals surface area contributed by atoms with Crippen LogP contribution in [-0.2, 0) is 11.3 Å². The van der Waals surface area contributed by atoms with Gasteiger partial charge in [0.05, 0.1) is 12.0 Å². The molecular weight excluding hydrogens is 341 g/mol. The Kier molecular flexibility index (Phi) is 6.25. The molecule has 25 heavy (non-hydrogen) atoms. The predicted molar refractivity (Wildman–Crippen MR) is 98.7 cm³/mol. The molecule has 0 saturated carbocycles. The van der Waals surface area contributed by atoms with E-state index in [1.165, 1.54) is 13.2 Å². The van der Waals surface area contributed by atoms with Crippen LogP contribution in [0.3, 0.4) is 0 Å². The van der Waals surface area contributed by atoms with E-state index in [4.69, 9.17) is 4.74 Å². The highest BCUT2D eigenvalue weighted by molar-refractivity contribution is 8.12. The summed E-state index contributed by atoms with van der Waals surface area (Å²) >= 11 is 0.987. The summed E-state index contributed by atoms with van der Waals surface area (Å²) in [6.45, 7) is 7.76. The number of phenols is 1. The van der Waals surface area contributed by atoms with Gasteiger partial charge in [-0.3, -0.25) is 4.79 Å². The van der Waals surface area contributed by atoms with Gasteiger partial charge in [0.25, 0.3) is 5.91 Å². The first-order chi connectivity index (χ1) is 11.9. The number of methoxy groups -OCH3 is 1. The third-order valence-corrected chi connectivity index (χ3v) is 4.25. The van der Waals surface area contributed by atoms with Gasteiger partial charge in [0.1, 0.15) is 5.75 Å². The Hall–Kier alpha value is -2.73. The van der Waals surface area contributed by atoms with Gasteiger partial charge in [-0.25, -0.2) is 4.39 Å². The molecule has 2 aromatic rings. The third kappa shape index (κ3) is 4.87. The second-order valence-electron chi connectivity index (χ2n) is 5.12. The van der Waals surface area contributed by atoms with Gasteiger partial charge in [-0.15, -0.1) is 0 Å². The highest BCUT2D eigenvalue weighted by atomic mass is 32.2. The van der Waals surface area contributed by atoms with E-state index in [9.17, 15) is 14.3 Å². The molecule has 0 aliphatic rings. The van der Waals surface area contributed by atoms with Gasteiger partial charge in [-0.05, 0) is 23.8 Å². The van der Waals surface area contributed by atoms with E-state index in [1.54, 1.807) is 36.4 Å². The number of thioether (sulfide) groups is 1. The minimum Gasteiger partial charge on any atom is -0.508 e. The van der Waals surface area contributed by atoms with Crippen molar-refractivity contribution >= 4 is 22.6 Å². The van der Waals surface area contributed by atoms with Gasteiger partial charge in [0.15, 0.2) is 11.6 Å². The van der Waals surface area contributed by atoms with Crippen LogP contribution in [0, 0.1) is 5.82 Å². The molecule has 0 unspecified atom stereocenters. The van der Waals surface area contributed by atoms with E-state index in [0.717, 1.165) is 17.3 Å². The Labute approximate surface area is 150 Å². The molecule has 1 amide bonds. The minimum atomic E-state index is -0.532. The lowest BCUT2D eigenvalue weighted by Gasteiger charge is -2.11. The van der Waals surface area contributed by atoms with Crippen LogP contribution in [0.5, 0.6) is 11.5 Å². The number of hydrogen-bond acceptors (Lipinski definition) is 4. The van der Waals surface area contributed by atoms with Crippen LogP contribution in [0.2, 0.25) is 0 Å². The van der Waals surface area contributed by atoms with Gasteiger partial charge in [0, 0.05) is 17.0 Å². The SMILES string of the molecule is C=C(SC(=C)c1cccc(OC)c1F)C(=O)NCc1cccc(O)c1. The van der Waals surface area contributed by atoms with Gasteiger partial charge < -0.3 is 15.2 Å². The van der Waals surface area contributed by atoms with Crippen LogP contribution in [0.1, 0.15) is 11.1 Å². The average Bonchev–Trinajstić information content (AvgIpc) is 2.59. The molecule has 6 heteroatoms. The van der Waals surface area contributed by atoms with E-state index in [0.29, 0.717) is 4.91 Å². The van der Waals surface area contributed by atoms with Gasteiger partial charge in [-0.2, -0.15) is 0 Å². The summed E-state index contributed by atoms with van der Waals surface area (Å²) in [7, 11) is 1.38. The Morgan fingerprint density at radius 1 is 1.28 bits per heavy atom. The number of nitrogens with one attached hydrogen (secondary N) is 1. The largest absolute Gasteiger partial charge is 0.508 e. The van der Waals surface area contributed by atoms with E-state index in [1.807, 2.05) is 0 Å². The van der Waals surface area contributed by atoms with Crippen molar-refractivity contribution in [3.63, 3.8) is 0 Å². The number of carbonyl (C=O) groups is 1. The summed E-state index contributed by atoms with van der Waals surface area (Å²) < 4.78 is 19.2. The standard InChI is InChI=1S/C19H18FNO3S/c1-12(16-8-5-9-17(24-3)18(16)20)25-13(2)19(23)21-11-14-6-4-7-15(22)10-14/h4-10,22H,1-2,11H2,3H3,(H,21,23). The highest BCUT2D eigenvalue weighted by Gasteiger charge is 2.15. The lowest BCUT2D eigenvalue weighted by atomic mass is 10.2. The Bertz CT molecular complexity index is 820. The van der Waals surface area contributed by atoms with Crippen molar-refractivity contribution < 1.29 is 19.0 Å². The molecule has 0 aromatic heterocycles. The Balaban J connectivity index is 1.97. The molecule has 2 aromatic carbocycles. The molecular formula is C19H18FNO3S. The number of benzene rings is 2. The number of carbonyl (C=O) groups excluding carboxylic acids is 1. The van der Waals surface area contributed by atoms with Crippen LogP contribution in [0.25, 0.3) is 4.91 Å². The van der Waals surface area contributed by atoms with E-state index in [2.05, 4.69) is 18.5 Å². The number of phenolic OH excluding ortho intramolecular Hbond substituents is 1. The average molecular weight is 359 g/mol. The summed E-state index contributed by atoms with van der Waals surface area (Å²) in [6.07, 6.45) is 0. The molecule has 2 N–H and O–H groups in total.